The lowest BCUT2D eigenvalue weighted by molar-refractivity contribution is -0.0412. The molecule has 0 bridgehead atoms. The highest BCUT2D eigenvalue weighted by Crippen LogP contribution is 2.41. The molecule has 3 N–H and O–H groups in total. The van der Waals surface area contributed by atoms with E-state index in [1.807, 2.05) is 0 Å². The summed E-state index contributed by atoms with van der Waals surface area (Å²) in [5, 5.41) is 5.22. The van der Waals surface area contributed by atoms with Gasteiger partial charge in [-0.25, -0.2) is 22.5 Å². The van der Waals surface area contributed by atoms with Crippen molar-refractivity contribution in [3.05, 3.63) is 57.5 Å². The lowest BCUT2D eigenvalue weighted by Crippen LogP contribution is -2.27. The molecule has 2 aromatic rings. The number of benzene rings is 1. The zero-order chi connectivity index (χ0) is 21.8. The third kappa shape index (κ3) is 5.89. The van der Waals surface area contributed by atoms with Crippen molar-refractivity contribution in [1.29, 1.82) is 0 Å². The highest BCUT2D eigenvalue weighted by Gasteiger charge is 2.37. The molecule has 29 heavy (non-hydrogen) atoms. The Bertz CT molecular complexity index is 950. The summed E-state index contributed by atoms with van der Waals surface area (Å²) >= 11 is 0. The van der Waals surface area contributed by atoms with Gasteiger partial charge in [0.1, 0.15) is 15.9 Å². The number of aromatic amines is 1. The number of aromatic nitrogens is 1. The van der Waals surface area contributed by atoms with Gasteiger partial charge in [0.15, 0.2) is 17.0 Å². The first-order chi connectivity index (χ1) is 13.6. The Morgan fingerprint density at radius 2 is 2.00 bits per heavy atom. The van der Waals surface area contributed by atoms with Crippen LogP contribution in [-0.4, -0.2) is 22.2 Å². The van der Waals surface area contributed by atoms with Crippen molar-refractivity contribution in [3.63, 3.8) is 0 Å². The molecular formula is C19H22F4N2O3S. The molecule has 1 saturated carbocycles. The van der Waals surface area contributed by atoms with Crippen molar-refractivity contribution in [2.45, 2.75) is 49.3 Å². The Labute approximate surface area is 167 Å². The van der Waals surface area contributed by atoms with Gasteiger partial charge in [-0.2, -0.15) is 4.39 Å². The van der Waals surface area contributed by atoms with Gasteiger partial charge in [0, 0.05) is 36.2 Å². The SMILES string of the molecule is COc1cccc(F)c1F.Cc1[nH]c([C@H]2CCCC(F)(F)C2)cc(=O)c1S(N)=O. The van der Waals surface area contributed by atoms with E-state index in [-0.39, 0.29) is 29.4 Å². The van der Waals surface area contributed by atoms with E-state index in [0.717, 1.165) is 6.07 Å². The predicted octanol–water partition coefficient (Wildman–Crippen LogP) is 3.93. The number of H-pyrrole nitrogens is 1. The highest BCUT2D eigenvalue weighted by atomic mass is 32.2. The van der Waals surface area contributed by atoms with Gasteiger partial charge in [-0.1, -0.05) is 6.07 Å². The van der Waals surface area contributed by atoms with Crippen molar-refractivity contribution in [1.82, 2.24) is 4.98 Å². The summed E-state index contributed by atoms with van der Waals surface area (Å²) in [5.41, 5.74) is 0.411. The van der Waals surface area contributed by atoms with Gasteiger partial charge < -0.3 is 9.72 Å². The molecule has 0 spiro atoms. The Morgan fingerprint density at radius 1 is 1.31 bits per heavy atom. The van der Waals surface area contributed by atoms with Crippen LogP contribution in [0.3, 0.4) is 0 Å². The molecule has 1 fully saturated rings. The molecule has 0 radical (unpaired) electrons. The summed E-state index contributed by atoms with van der Waals surface area (Å²) < 4.78 is 67.3. The zero-order valence-corrected chi connectivity index (χ0v) is 16.8. The number of rotatable bonds is 3. The van der Waals surface area contributed by atoms with Crippen LogP contribution in [0.15, 0.2) is 34.0 Å². The number of halogens is 4. The summed E-state index contributed by atoms with van der Waals surface area (Å²) in [4.78, 5) is 14.7. The molecule has 10 heteroatoms. The summed E-state index contributed by atoms with van der Waals surface area (Å²) in [5.74, 6) is -4.94. The molecule has 1 aromatic heterocycles. The third-order valence-corrected chi connectivity index (χ3v) is 5.51. The van der Waals surface area contributed by atoms with Gasteiger partial charge in [-0.05, 0) is 31.9 Å². The van der Waals surface area contributed by atoms with Gasteiger partial charge in [0.2, 0.25) is 11.7 Å². The fourth-order valence-corrected chi connectivity index (χ4v) is 3.86. The second-order valence-electron chi connectivity index (χ2n) is 6.75. The minimum Gasteiger partial charge on any atom is -0.494 e. The summed E-state index contributed by atoms with van der Waals surface area (Å²) in [6.07, 6.45) is 0.699. The molecule has 3 rings (SSSR count). The number of hydrogen-bond donors (Lipinski definition) is 2. The van der Waals surface area contributed by atoms with E-state index in [1.165, 1.54) is 25.3 Å². The molecule has 1 heterocycles. The second-order valence-corrected chi connectivity index (χ2v) is 7.75. The monoisotopic (exact) mass is 434 g/mol. The Hall–Kier alpha value is -2.20. The van der Waals surface area contributed by atoms with Crippen molar-refractivity contribution in [2.24, 2.45) is 5.14 Å². The molecular weight excluding hydrogens is 412 g/mol. The van der Waals surface area contributed by atoms with Crippen LogP contribution in [0.1, 0.15) is 43.0 Å². The van der Waals surface area contributed by atoms with Crippen LogP contribution in [-0.2, 0) is 11.0 Å². The fraction of sp³-hybridized carbons (Fsp3) is 0.421. The molecule has 1 aliphatic carbocycles. The molecule has 0 aliphatic heterocycles. The molecule has 0 saturated heterocycles. The topological polar surface area (TPSA) is 85.2 Å². The first-order valence-corrected chi connectivity index (χ1v) is 10.0. The van der Waals surface area contributed by atoms with Crippen LogP contribution in [0, 0.1) is 18.6 Å². The number of hydrogen-bond acceptors (Lipinski definition) is 3. The van der Waals surface area contributed by atoms with E-state index in [9.17, 15) is 26.6 Å². The van der Waals surface area contributed by atoms with Crippen LogP contribution in [0.25, 0.3) is 0 Å². The van der Waals surface area contributed by atoms with Crippen LogP contribution in [0.4, 0.5) is 17.6 Å². The molecule has 1 aromatic carbocycles. The van der Waals surface area contributed by atoms with Crippen molar-refractivity contribution >= 4 is 11.0 Å². The number of nitrogens with two attached hydrogens (primary N) is 1. The number of pyridine rings is 1. The Morgan fingerprint density at radius 3 is 2.52 bits per heavy atom. The first-order valence-electron chi connectivity index (χ1n) is 8.81. The van der Waals surface area contributed by atoms with Crippen LogP contribution in [0.2, 0.25) is 0 Å². The number of ether oxygens (including phenoxy) is 1. The molecule has 1 aliphatic rings. The van der Waals surface area contributed by atoms with E-state index < -0.39 is 34.0 Å². The lowest BCUT2D eigenvalue weighted by atomic mass is 9.84. The van der Waals surface area contributed by atoms with E-state index in [2.05, 4.69) is 9.72 Å². The van der Waals surface area contributed by atoms with Gasteiger partial charge >= 0.3 is 0 Å². The maximum Gasteiger partial charge on any atom is 0.248 e. The van der Waals surface area contributed by atoms with E-state index >= 15 is 0 Å². The Kier molecular flexibility index (Phi) is 7.59. The normalized spacial score (nSPS) is 19.1. The number of nitrogens with one attached hydrogen (secondary N) is 1. The standard InChI is InChI=1S/C12H16F2N2O2S.C7H6F2O/c1-7-11(19(15)18)10(17)5-9(16-7)8-3-2-4-12(13,14)6-8;1-10-6-4-2-3-5(8)7(6)9/h5,8H,2-4,6,15H2,1H3,(H,16,17);2-4H,1H3/t8-,19?;/m0./s1. The molecule has 5 nitrogen and oxygen atoms in total. The van der Waals surface area contributed by atoms with Gasteiger partial charge in [0.25, 0.3) is 0 Å². The molecule has 160 valence electrons. The minimum atomic E-state index is -2.68. The summed E-state index contributed by atoms with van der Waals surface area (Å²) in [6, 6.07) is 5.03. The quantitative estimate of drug-likeness (QED) is 0.718. The zero-order valence-electron chi connectivity index (χ0n) is 15.9. The fourth-order valence-electron chi connectivity index (χ4n) is 3.25. The van der Waals surface area contributed by atoms with Crippen molar-refractivity contribution < 1.29 is 26.5 Å². The predicted molar refractivity (Wildman–Crippen MR) is 101 cm³/mol. The maximum atomic E-state index is 13.4. The first kappa shape index (κ1) is 23.1. The third-order valence-electron chi connectivity index (χ3n) is 4.60. The molecule has 1 unspecified atom stereocenters. The maximum absolute atomic E-state index is 13.4. The van der Waals surface area contributed by atoms with E-state index in [4.69, 9.17) is 5.14 Å². The van der Waals surface area contributed by atoms with Crippen LogP contribution in [0.5, 0.6) is 5.75 Å². The summed E-state index contributed by atoms with van der Waals surface area (Å²) in [6.45, 7) is 1.58. The van der Waals surface area contributed by atoms with Gasteiger partial charge in [-0.3, -0.25) is 4.79 Å². The lowest BCUT2D eigenvalue weighted by Gasteiger charge is -2.29. The van der Waals surface area contributed by atoms with Crippen molar-refractivity contribution in [2.75, 3.05) is 7.11 Å². The van der Waals surface area contributed by atoms with Gasteiger partial charge in [0.05, 0.1) is 7.11 Å². The Balaban J connectivity index is 0.000000253. The largest absolute Gasteiger partial charge is 0.494 e. The van der Waals surface area contributed by atoms with Crippen molar-refractivity contribution in [3.8, 4) is 5.75 Å². The number of aryl methyl sites for hydroxylation is 1. The minimum absolute atomic E-state index is 0.00585. The highest BCUT2D eigenvalue weighted by molar-refractivity contribution is 7.82. The second kappa shape index (κ2) is 9.53. The van der Waals surface area contributed by atoms with Gasteiger partial charge in [-0.15, -0.1) is 0 Å². The smallest absolute Gasteiger partial charge is 0.248 e. The van der Waals surface area contributed by atoms with Crippen LogP contribution < -0.4 is 15.3 Å². The van der Waals surface area contributed by atoms with E-state index in [1.54, 1.807) is 6.92 Å². The average molecular weight is 434 g/mol. The molecule has 0 amide bonds. The summed E-state index contributed by atoms with van der Waals surface area (Å²) in [7, 11) is -0.583. The van der Waals surface area contributed by atoms with E-state index in [0.29, 0.717) is 24.2 Å². The number of alkyl halides is 2. The van der Waals surface area contributed by atoms with Crippen LogP contribution >= 0.6 is 0 Å². The average Bonchev–Trinajstić information content (AvgIpc) is 2.63. The number of methoxy groups -OCH3 is 1. The molecule has 2 atom stereocenters.